The zero-order valence-electron chi connectivity index (χ0n) is 12.5. The maximum absolute atomic E-state index is 13.4. The van der Waals surface area contributed by atoms with E-state index >= 15 is 0 Å². The fourth-order valence-electron chi connectivity index (χ4n) is 2.21. The standard InChI is InChI=1S/C17H20ClFN2/c1-12(2)20-11-13-6-4-9-16(18)17(13)21(3)15-8-5-7-14(19)10-15/h4-10,12,20H,11H2,1-3H3. The van der Waals surface area contributed by atoms with Gasteiger partial charge in [0.25, 0.3) is 0 Å². The topological polar surface area (TPSA) is 15.3 Å². The van der Waals surface area contributed by atoms with Gasteiger partial charge in [-0.2, -0.15) is 0 Å². The van der Waals surface area contributed by atoms with Gasteiger partial charge in [-0.3, -0.25) is 0 Å². The second kappa shape index (κ2) is 6.92. The Morgan fingerprint density at radius 1 is 1.19 bits per heavy atom. The number of hydrogen-bond donors (Lipinski definition) is 1. The van der Waals surface area contributed by atoms with E-state index in [0.717, 1.165) is 16.9 Å². The van der Waals surface area contributed by atoms with Crippen LogP contribution >= 0.6 is 11.6 Å². The monoisotopic (exact) mass is 306 g/mol. The lowest BCUT2D eigenvalue weighted by Gasteiger charge is -2.24. The molecule has 0 fully saturated rings. The summed E-state index contributed by atoms with van der Waals surface area (Å²) in [7, 11) is 1.90. The fourth-order valence-corrected chi connectivity index (χ4v) is 2.53. The summed E-state index contributed by atoms with van der Waals surface area (Å²) in [5.41, 5.74) is 2.76. The molecule has 2 nitrogen and oxygen atoms in total. The van der Waals surface area contributed by atoms with Gasteiger partial charge >= 0.3 is 0 Å². The van der Waals surface area contributed by atoms with Crippen LogP contribution in [0.3, 0.4) is 0 Å². The van der Waals surface area contributed by atoms with Crippen molar-refractivity contribution >= 4 is 23.0 Å². The molecule has 0 aliphatic rings. The average molecular weight is 307 g/mol. The Morgan fingerprint density at radius 2 is 1.90 bits per heavy atom. The largest absolute Gasteiger partial charge is 0.343 e. The molecule has 4 heteroatoms. The molecule has 0 saturated heterocycles. The molecule has 2 aromatic carbocycles. The van der Waals surface area contributed by atoms with Crippen LogP contribution < -0.4 is 10.2 Å². The third kappa shape index (κ3) is 3.96. The van der Waals surface area contributed by atoms with E-state index in [0.29, 0.717) is 17.6 Å². The average Bonchev–Trinajstić information content (AvgIpc) is 2.44. The van der Waals surface area contributed by atoms with E-state index in [1.165, 1.54) is 12.1 Å². The highest BCUT2D eigenvalue weighted by Gasteiger charge is 2.14. The van der Waals surface area contributed by atoms with Crippen molar-refractivity contribution in [2.45, 2.75) is 26.4 Å². The second-order valence-electron chi connectivity index (χ2n) is 5.32. The molecule has 2 rings (SSSR count). The van der Waals surface area contributed by atoms with E-state index in [-0.39, 0.29) is 5.82 Å². The van der Waals surface area contributed by atoms with E-state index in [4.69, 9.17) is 11.6 Å². The Kier molecular flexibility index (Phi) is 5.21. The zero-order chi connectivity index (χ0) is 15.4. The molecule has 0 bridgehead atoms. The van der Waals surface area contributed by atoms with Gasteiger partial charge in [0, 0.05) is 25.3 Å². The van der Waals surface area contributed by atoms with Gasteiger partial charge < -0.3 is 10.2 Å². The van der Waals surface area contributed by atoms with E-state index < -0.39 is 0 Å². The van der Waals surface area contributed by atoms with Gasteiger partial charge in [-0.15, -0.1) is 0 Å². The van der Waals surface area contributed by atoms with Crippen molar-refractivity contribution in [3.8, 4) is 0 Å². The number of nitrogens with one attached hydrogen (secondary N) is 1. The molecule has 0 aliphatic heterocycles. The lowest BCUT2D eigenvalue weighted by molar-refractivity contribution is 0.589. The highest BCUT2D eigenvalue weighted by atomic mass is 35.5. The molecular formula is C17H20ClFN2. The SMILES string of the molecule is CC(C)NCc1cccc(Cl)c1N(C)c1cccc(F)c1. The van der Waals surface area contributed by atoms with Crippen LogP contribution in [0.15, 0.2) is 42.5 Å². The predicted molar refractivity (Wildman–Crippen MR) is 87.9 cm³/mol. The third-order valence-electron chi connectivity index (χ3n) is 3.30. The molecule has 0 heterocycles. The van der Waals surface area contributed by atoms with Gasteiger partial charge in [-0.25, -0.2) is 4.39 Å². The first-order valence-corrected chi connectivity index (χ1v) is 7.37. The molecule has 0 unspecified atom stereocenters. The van der Waals surface area contributed by atoms with Crippen LogP contribution in [0.1, 0.15) is 19.4 Å². The summed E-state index contributed by atoms with van der Waals surface area (Å²) in [6.45, 7) is 4.91. The summed E-state index contributed by atoms with van der Waals surface area (Å²) in [5, 5.41) is 4.04. The van der Waals surface area contributed by atoms with Crippen LogP contribution in [0.5, 0.6) is 0 Å². The molecule has 1 N–H and O–H groups in total. The summed E-state index contributed by atoms with van der Waals surface area (Å²) < 4.78 is 13.4. The van der Waals surface area contributed by atoms with Crippen LogP contribution in [0.25, 0.3) is 0 Å². The van der Waals surface area contributed by atoms with Gasteiger partial charge in [0.15, 0.2) is 0 Å². The molecule has 0 spiro atoms. The maximum Gasteiger partial charge on any atom is 0.125 e. The Morgan fingerprint density at radius 3 is 2.57 bits per heavy atom. The van der Waals surface area contributed by atoms with Crippen LogP contribution in [0.4, 0.5) is 15.8 Å². The number of hydrogen-bond acceptors (Lipinski definition) is 2. The molecule has 21 heavy (non-hydrogen) atoms. The number of rotatable bonds is 5. The van der Waals surface area contributed by atoms with Gasteiger partial charge in [0.05, 0.1) is 10.7 Å². The molecule has 0 amide bonds. The molecule has 0 atom stereocenters. The fraction of sp³-hybridized carbons (Fsp3) is 0.294. The Labute approximate surface area is 130 Å². The Hall–Kier alpha value is -1.58. The van der Waals surface area contributed by atoms with E-state index in [1.54, 1.807) is 6.07 Å². The van der Waals surface area contributed by atoms with Crippen molar-refractivity contribution in [3.63, 3.8) is 0 Å². The molecule has 0 aromatic heterocycles. The Bertz CT molecular complexity index is 613. The number of nitrogens with zero attached hydrogens (tertiary/aromatic N) is 1. The van der Waals surface area contributed by atoms with Crippen molar-refractivity contribution in [3.05, 3.63) is 58.9 Å². The number of halogens is 2. The summed E-state index contributed by atoms with van der Waals surface area (Å²) in [6, 6.07) is 12.7. The molecule has 0 saturated carbocycles. The Balaban J connectivity index is 2.37. The van der Waals surface area contributed by atoms with Crippen LogP contribution in [-0.4, -0.2) is 13.1 Å². The highest BCUT2D eigenvalue weighted by Crippen LogP contribution is 2.34. The number of benzene rings is 2. The summed E-state index contributed by atoms with van der Waals surface area (Å²) in [4.78, 5) is 1.92. The highest BCUT2D eigenvalue weighted by molar-refractivity contribution is 6.33. The third-order valence-corrected chi connectivity index (χ3v) is 3.61. The van der Waals surface area contributed by atoms with E-state index in [1.807, 2.05) is 36.2 Å². The smallest absolute Gasteiger partial charge is 0.125 e. The van der Waals surface area contributed by atoms with Gasteiger partial charge in [-0.05, 0) is 29.8 Å². The van der Waals surface area contributed by atoms with Crippen LogP contribution in [0, 0.1) is 5.82 Å². The quantitative estimate of drug-likeness (QED) is 0.858. The molecule has 112 valence electrons. The molecular weight excluding hydrogens is 287 g/mol. The lowest BCUT2D eigenvalue weighted by atomic mass is 10.1. The van der Waals surface area contributed by atoms with E-state index in [9.17, 15) is 4.39 Å². The van der Waals surface area contributed by atoms with Crippen LogP contribution in [-0.2, 0) is 6.54 Å². The predicted octanol–water partition coefficient (Wildman–Crippen LogP) is 4.75. The zero-order valence-corrected chi connectivity index (χ0v) is 13.3. The lowest BCUT2D eigenvalue weighted by Crippen LogP contribution is -2.23. The summed E-state index contributed by atoms with van der Waals surface area (Å²) in [5.74, 6) is -0.256. The summed E-state index contributed by atoms with van der Waals surface area (Å²) in [6.07, 6.45) is 0. The minimum atomic E-state index is -0.256. The van der Waals surface area contributed by atoms with Crippen LogP contribution in [0.2, 0.25) is 5.02 Å². The number of para-hydroxylation sites is 1. The van der Waals surface area contributed by atoms with Crippen molar-refractivity contribution < 1.29 is 4.39 Å². The first-order chi connectivity index (χ1) is 9.99. The van der Waals surface area contributed by atoms with Crippen molar-refractivity contribution in [2.75, 3.05) is 11.9 Å². The maximum atomic E-state index is 13.4. The van der Waals surface area contributed by atoms with Gasteiger partial charge in [0.1, 0.15) is 5.82 Å². The second-order valence-corrected chi connectivity index (χ2v) is 5.73. The first-order valence-electron chi connectivity index (χ1n) is 6.99. The number of anilines is 2. The van der Waals surface area contributed by atoms with E-state index in [2.05, 4.69) is 19.2 Å². The van der Waals surface area contributed by atoms with Gasteiger partial charge in [0.2, 0.25) is 0 Å². The minimum absolute atomic E-state index is 0.256. The molecule has 2 aromatic rings. The van der Waals surface area contributed by atoms with Crippen molar-refractivity contribution in [1.82, 2.24) is 5.32 Å². The first kappa shape index (κ1) is 15.8. The molecule has 0 radical (unpaired) electrons. The van der Waals surface area contributed by atoms with Crippen molar-refractivity contribution in [1.29, 1.82) is 0 Å². The summed E-state index contributed by atoms with van der Waals surface area (Å²) >= 11 is 6.37. The normalized spacial score (nSPS) is 11.0. The van der Waals surface area contributed by atoms with Crippen molar-refractivity contribution in [2.24, 2.45) is 0 Å². The molecule has 0 aliphatic carbocycles. The van der Waals surface area contributed by atoms with Gasteiger partial charge in [-0.1, -0.05) is 43.6 Å². The minimum Gasteiger partial charge on any atom is -0.343 e.